The van der Waals surface area contributed by atoms with Crippen molar-refractivity contribution >= 4 is 0 Å². The van der Waals surface area contributed by atoms with Crippen LogP contribution in [0.2, 0.25) is 0 Å². The molecular formula is C27H52O10. The maximum absolute atomic E-state index is 5.33. The number of ether oxygens (including phenoxy) is 1. The Morgan fingerprint density at radius 1 is 0.622 bits per heavy atom. The van der Waals surface area contributed by atoms with Crippen LogP contribution in [0.1, 0.15) is 123 Å². The van der Waals surface area contributed by atoms with Crippen LogP contribution < -0.4 is 0 Å². The molecule has 0 heterocycles. The van der Waals surface area contributed by atoms with E-state index in [1.807, 2.05) is 6.08 Å². The Morgan fingerprint density at radius 2 is 1.16 bits per heavy atom. The number of hydrogen-bond donors (Lipinski definition) is 0. The molecule has 220 valence electrons. The van der Waals surface area contributed by atoms with Crippen LogP contribution in [-0.2, 0) is 49.5 Å². The fraction of sp³-hybridized carbons (Fsp3) is 0.852. The van der Waals surface area contributed by atoms with Crippen LogP contribution in [0.15, 0.2) is 25.2 Å². The highest BCUT2D eigenvalue weighted by Gasteiger charge is 2.05. The van der Waals surface area contributed by atoms with Crippen LogP contribution in [0.5, 0.6) is 0 Å². The van der Waals surface area contributed by atoms with Gasteiger partial charge in [0.1, 0.15) is 25.2 Å². The molecule has 0 amide bonds. The van der Waals surface area contributed by atoms with E-state index < -0.39 is 6.10 Å². The summed E-state index contributed by atoms with van der Waals surface area (Å²) < 4.78 is 5.33. The Hall–Kier alpha value is -1.24. The number of unbranched alkanes of at least 4 members (excludes halogenated alkanes) is 16. The van der Waals surface area contributed by atoms with Gasteiger partial charge < -0.3 is 14.5 Å². The zero-order chi connectivity index (χ0) is 26.9. The van der Waals surface area contributed by atoms with Gasteiger partial charge in [-0.05, 0) is 35.9 Å². The molecule has 0 saturated heterocycles. The average molecular weight is 537 g/mol. The first kappa shape index (κ1) is 35.8. The van der Waals surface area contributed by atoms with Gasteiger partial charge in [0.2, 0.25) is 0 Å². The lowest BCUT2D eigenvalue weighted by Gasteiger charge is -2.09. The van der Waals surface area contributed by atoms with Crippen LogP contribution in [-0.4, -0.2) is 25.9 Å². The molecule has 0 aliphatic carbocycles. The van der Waals surface area contributed by atoms with Crippen LogP contribution in [0.25, 0.3) is 0 Å². The maximum atomic E-state index is 5.33. The first-order valence-electron chi connectivity index (χ1n) is 14.1. The molecule has 1 atom stereocenters. The SMILES string of the molecule is C=COOOOOOOC(C)COCCOOC=CCCCCCCCCCCCCCCCCCC. The molecule has 0 rings (SSSR count). The molecular weight excluding hydrogens is 484 g/mol. The van der Waals surface area contributed by atoms with E-state index in [-0.39, 0.29) is 13.2 Å². The molecule has 0 radical (unpaired) electrons. The molecule has 10 heteroatoms. The quantitative estimate of drug-likeness (QED) is 0.0362. The van der Waals surface area contributed by atoms with Gasteiger partial charge in [0.05, 0.1) is 13.2 Å². The van der Waals surface area contributed by atoms with Crippen molar-refractivity contribution in [3.63, 3.8) is 0 Å². The Bertz CT molecular complexity index is 464. The third-order valence-corrected chi connectivity index (χ3v) is 5.53. The van der Waals surface area contributed by atoms with Crippen molar-refractivity contribution in [2.75, 3.05) is 19.8 Å². The van der Waals surface area contributed by atoms with Gasteiger partial charge in [-0.2, -0.15) is 9.78 Å². The van der Waals surface area contributed by atoms with Crippen LogP contribution >= 0.6 is 0 Å². The summed E-state index contributed by atoms with van der Waals surface area (Å²) in [4.78, 5) is 18.9. The van der Waals surface area contributed by atoms with Crippen LogP contribution in [0.3, 0.4) is 0 Å². The summed E-state index contributed by atoms with van der Waals surface area (Å²) in [6.07, 6.45) is 27.2. The largest absolute Gasteiger partial charge is 0.376 e. The van der Waals surface area contributed by atoms with Gasteiger partial charge in [0.15, 0.2) is 0 Å². The van der Waals surface area contributed by atoms with E-state index in [9.17, 15) is 0 Å². The molecule has 0 aromatic rings. The summed E-state index contributed by atoms with van der Waals surface area (Å²) in [5.74, 6) is 0. The third-order valence-electron chi connectivity index (χ3n) is 5.53. The summed E-state index contributed by atoms with van der Waals surface area (Å²) in [6.45, 7) is 8.02. The Morgan fingerprint density at radius 3 is 1.76 bits per heavy atom. The van der Waals surface area contributed by atoms with Gasteiger partial charge in [-0.15, -0.1) is 0 Å². The zero-order valence-electron chi connectivity index (χ0n) is 23.2. The molecule has 0 aliphatic heterocycles. The molecule has 37 heavy (non-hydrogen) atoms. The minimum atomic E-state index is -0.436. The lowest BCUT2D eigenvalue weighted by Crippen LogP contribution is -2.18. The molecule has 0 spiro atoms. The highest BCUT2D eigenvalue weighted by Crippen LogP contribution is 2.14. The first-order valence-corrected chi connectivity index (χ1v) is 14.1. The van der Waals surface area contributed by atoms with Gasteiger partial charge in [-0.25, -0.2) is 0 Å². The summed E-state index contributed by atoms with van der Waals surface area (Å²) in [5.41, 5.74) is 0. The topological polar surface area (TPSA) is 92.3 Å². The molecule has 0 aromatic heterocycles. The molecule has 0 bridgehead atoms. The lowest BCUT2D eigenvalue weighted by molar-refractivity contribution is -0.788. The van der Waals surface area contributed by atoms with Crippen molar-refractivity contribution in [2.45, 2.75) is 129 Å². The fourth-order valence-corrected chi connectivity index (χ4v) is 3.54. The Labute approximate surface area is 223 Å². The maximum Gasteiger partial charge on any atom is 0.125 e. The molecule has 0 aliphatic rings. The molecule has 0 fully saturated rings. The van der Waals surface area contributed by atoms with E-state index in [1.54, 1.807) is 13.2 Å². The van der Waals surface area contributed by atoms with Gasteiger partial charge in [0.25, 0.3) is 0 Å². The number of hydrogen-bond acceptors (Lipinski definition) is 10. The van der Waals surface area contributed by atoms with Crippen molar-refractivity contribution in [3.8, 4) is 0 Å². The molecule has 0 aromatic carbocycles. The van der Waals surface area contributed by atoms with Gasteiger partial charge in [-0.1, -0.05) is 110 Å². The third kappa shape index (κ3) is 32.7. The van der Waals surface area contributed by atoms with Crippen LogP contribution in [0, 0.1) is 0 Å². The van der Waals surface area contributed by atoms with Crippen molar-refractivity contribution in [1.29, 1.82) is 0 Å². The van der Waals surface area contributed by atoms with E-state index >= 15 is 0 Å². The lowest BCUT2D eigenvalue weighted by atomic mass is 10.0. The Balaban J connectivity index is 3.17. The minimum Gasteiger partial charge on any atom is -0.376 e. The van der Waals surface area contributed by atoms with E-state index in [4.69, 9.17) is 19.4 Å². The normalized spacial score (nSPS) is 12.3. The second-order valence-corrected chi connectivity index (χ2v) is 8.97. The van der Waals surface area contributed by atoms with Crippen molar-refractivity contribution in [3.05, 3.63) is 25.2 Å². The predicted molar refractivity (Wildman–Crippen MR) is 138 cm³/mol. The van der Waals surface area contributed by atoms with Crippen molar-refractivity contribution in [2.24, 2.45) is 0 Å². The fourth-order valence-electron chi connectivity index (χ4n) is 3.54. The van der Waals surface area contributed by atoms with E-state index in [0.29, 0.717) is 6.61 Å². The summed E-state index contributed by atoms with van der Waals surface area (Å²) in [5, 5.41) is 20.0. The second-order valence-electron chi connectivity index (χ2n) is 8.97. The van der Waals surface area contributed by atoms with E-state index in [1.165, 1.54) is 103 Å². The monoisotopic (exact) mass is 536 g/mol. The van der Waals surface area contributed by atoms with Gasteiger partial charge >= 0.3 is 0 Å². The second kappa shape index (κ2) is 32.8. The van der Waals surface area contributed by atoms with Crippen LogP contribution in [0.4, 0.5) is 0 Å². The summed E-state index contributed by atoms with van der Waals surface area (Å²) >= 11 is 0. The predicted octanol–water partition coefficient (Wildman–Crippen LogP) is 8.25. The van der Waals surface area contributed by atoms with Gasteiger partial charge in [0, 0.05) is 15.1 Å². The van der Waals surface area contributed by atoms with E-state index in [2.05, 4.69) is 43.6 Å². The zero-order valence-corrected chi connectivity index (χ0v) is 23.2. The minimum absolute atomic E-state index is 0.235. The highest BCUT2D eigenvalue weighted by molar-refractivity contribution is 4.71. The highest BCUT2D eigenvalue weighted by atomic mass is 17.9. The van der Waals surface area contributed by atoms with Crippen molar-refractivity contribution < 1.29 is 49.5 Å². The molecule has 1 unspecified atom stereocenters. The smallest absolute Gasteiger partial charge is 0.125 e. The molecule has 0 N–H and O–H groups in total. The van der Waals surface area contributed by atoms with E-state index in [0.717, 1.165) is 12.7 Å². The first-order chi connectivity index (χ1) is 18.3. The standard InChI is InChI=1S/C27H52O10/c1-4-6-7-8-9-10-11-12-13-14-15-16-17-18-19-20-21-22-23-30-31-25-24-28-26-27(3)32-34-36-37-35-33-29-5-2/h5,22-23,27H,2,4,6-21,24-26H2,1,3H3. The molecule has 0 saturated carbocycles. The molecule has 10 nitrogen and oxygen atoms in total. The average Bonchev–Trinajstić information content (AvgIpc) is 2.90. The Kier molecular flexibility index (Phi) is 31.7. The number of rotatable bonds is 32. The van der Waals surface area contributed by atoms with Crippen molar-refractivity contribution in [1.82, 2.24) is 0 Å². The summed E-state index contributed by atoms with van der Waals surface area (Å²) in [7, 11) is 0. The number of allylic oxidation sites excluding steroid dienone is 1. The summed E-state index contributed by atoms with van der Waals surface area (Å²) in [6, 6.07) is 0. The van der Waals surface area contributed by atoms with Gasteiger partial charge in [-0.3, -0.25) is 0 Å².